The SMILES string of the molecule is CC1=CCN(S(=O)(=O)c2ccc(F)c(C(=O)O)c2F)CC1. The molecule has 114 valence electrons. The zero-order chi connectivity index (χ0) is 15.8. The number of carbonyl (C=O) groups is 1. The molecular weight excluding hydrogens is 304 g/mol. The topological polar surface area (TPSA) is 74.7 Å². The number of carboxylic acids is 1. The lowest BCUT2D eigenvalue weighted by Gasteiger charge is -2.25. The molecule has 1 aromatic rings. The molecule has 8 heteroatoms. The molecule has 1 aromatic carbocycles. The third-order valence-corrected chi connectivity index (χ3v) is 5.17. The van der Waals surface area contributed by atoms with Gasteiger partial charge in [0.15, 0.2) is 5.82 Å². The summed E-state index contributed by atoms with van der Waals surface area (Å²) in [4.78, 5) is 10.0. The third kappa shape index (κ3) is 2.81. The normalized spacial score (nSPS) is 16.6. The number of carboxylic acid groups (broad SMARTS) is 1. The summed E-state index contributed by atoms with van der Waals surface area (Å²) in [7, 11) is -4.21. The number of halogens is 2. The molecule has 0 atom stereocenters. The fourth-order valence-electron chi connectivity index (χ4n) is 2.04. The second kappa shape index (κ2) is 5.53. The van der Waals surface area contributed by atoms with Gasteiger partial charge in [-0.2, -0.15) is 4.31 Å². The van der Waals surface area contributed by atoms with Crippen LogP contribution in [0.2, 0.25) is 0 Å². The van der Waals surface area contributed by atoms with Crippen LogP contribution in [0.1, 0.15) is 23.7 Å². The molecule has 1 aliphatic rings. The van der Waals surface area contributed by atoms with Crippen molar-refractivity contribution in [1.82, 2.24) is 4.31 Å². The summed E-state index contributed by atoms with van der Waals surface area (Å²) in [6, 6.07) is 1.39. The Morgan fingerprint density at radius 3 is 2.52 bits per heavy atom. The number of rotatable bonds is 3. The summed E-state index contributed by atoms with van der Waals surface area (Å²) in [5, 5.41) is 8.78. The monoisotopic (exact) mass is 317 g/mol. The van der Waals surface area contributed by atoms with Gasteiger partial charge in [-0.05, 0) is 25.5 Å². The number of aromatic carboxylic acids is 1. The molecule has 5 nitrogen and oxygen atoms in total. The van der Waals surface area contributed by atoms with Crippen LogP contribution in [0, 0.1) is 11.6 Å². The highest BCUT2D eigenvalue weighted by Gasteiger charge is 2.31. The highest BCUT2D eigenvalue weighted by Crippen LogP contribution is 2.26. The van der Waals surface area contributed by atoms with E-state index >= 15 is 0 Å². The standard InChI is InChI=1S/C13H13F2NO4S/c1-8-4-6-16(7-5-8)21(19,20)10-3-2-9(14)11(12(10)15)13(17)18/h2-4H,5-7H2,1H3,(H,17,18). The van der Waals surface area contributed by atoms with Crippen LogP contribution in [0.15, 0.2) is 28.7 Å². The van der Waals surface area contributed by atoms with Gasteiger partial charge in [-0.15, -0.1) is 0 Å². The quantitative estimate of drug-likeness (QED) is 0.865. The van der Waals surface area contributed by atoms with Crippen molar-refractivity contribution in [2.45, 2.75) is 18.2 Å². The van der Waals surface area contributed by atoms with Crippen molar-refractivity contribution >= 4 is 16.0 Å². The minimum absolute atomic E-state index is 0.0768. The van der Waals surface area contributed by atoms with E-state index in [1.165, 1.54) is 0 Å². The predicted molar refractivity (Wildman–Crippen MR) is 70.5 cm³/mol. The number of hydrogen-bond acceptors (Lipinski definition) is 3. The van der Waals surface area contributed by atoms with Crippen LogP contribution in [0.25, 0.3) is 0 Å². The van der Waals surface area contributed by atoms with Gasteiger partial charge in [0.05, 0.1) is 0 Å². The van der Waals surface area contributed by atoms with E-state index in [1.54, 1.807) is 6.08 Å². The number of sulfonamides is 1. The lowest BCUT2D eigenvalue weighted by molar-refractivity contribution is 0.0685. The molecule has 0 saturated heterocycles. The second-order valence-corrected chi connectivity index (χ2v) is 6.61. The van der Waals surface area contributed by atoms with Crippen molar-refractivity contribution in [2.75, 3.05) is 13.1 Å². The molecule has 0 aliphatic carbocycles. The fraction of sp³-hybridized carbons (Fsp3) is 0.308. The molecule has 0 bridgehead atoms. The Balaban J connectivity index is 2.51. The van der Waals surface area contributed by atoms with Gasteiger partial charge in [-0.25, -0.2) is 22.0 Å². The molecule has 1 heterocycles. The molecule has 0 radical (unpaired) electrons. The highest BCUT2D eigenvalue weighted by atomic mass is 32.2. The summed E-state index contributed by atoms with van der Waals surface area (Å²) in [6.45, 7) is 2.10. The maximum Gasteiger partial charge on any atom is 0.341 e. The van der Waals surface area contributed by atoms with E-state index in [4.69, 9.17) is 5.11 Å². The van der Waals surface area contributed by atoms with Gasteiger partial charge in [-0.1, -0.05) is 11.6 Å². The fourth-order valence-corrected chi connectivity index (χ4v) is 3.49. The zero-order valence-electron chi connectivity index (χ0n) is 11.1. The molecule has 0 saturated carbocycles. The molecule has 0 fully saturated rings. The van der Waals surface area contributed by atoms with Crippen LogP contribution in [-0.2, 0) is 10.0 Å². The Kier molecular flexibility index (Phi) is 4.11. The van der Waals surface area contributed by atoms with E-state index in [0.717, 1.165) is 15.9 Å². The summed E-state index contributed by atoms with van der Waals surface area (Å²) in [5.41, 5.74) is -0.243. The minimum Gasteiger partial charge on any atom is -0.477 e. The van der Waals surface area contributed by atoms with E-state index in [0.29, 0.717) is 12.5 Å². The van der Waals surface area contributed by atoms with E-state index < -0.39 is 38.1 Å². The second-order valence-electron chi connectivity index (χ2n) is 4.70. The van der Waals surface area contributed by atoms with Crippen LogP contribution in [-0.4, -0.2) is 36.9 Å². The van der Waals surface area contributed by atoms with Gasteiger partial charge in [0.2, 0.25) is 10.0 Å². The average Bonchev–Trinajstić information content (AvgIpc) is 2.38. The van der Waals surface area contributed by atoms with Crippen molar-refractivity contribution in [1.29, 1.82) is 0 Å². The van der Waals surface area contributed by atoms with Crippen LogP contribution in [0.3, 0.4) is 0 Å². The Bertz CT molecular complexity index is 728. The number of nitrogens with zero attached hydrogens (tertiary/aromatic N) is 1. The van der Waals surface area contributed by atoms with Crippen LogP contribution in [0.5, 0.6) is 0 Å². The Morgan fingerprint density at radius 1 is 1.33 bits per heavy atom. The molecule has 0 amide bonds. The molecule has 2 rings (SSSR count). The van der Waals surface area contributed by atoms with Gasteiger partial charge in [0, 0.05) is 13.1 Å². The maximum absolute atomic E-state index is 14.1. The number of benzene rings is 1. The molecule has 0 unspecified atom stereocenters. The third-order valence-electron chi connectivity index (χ3n) is 3.29. The molecular formula is C13H13F2NO4S. The first-order chi connectivity index (χ1) is 9.75. The van der Waals surface area contributed by atoms with Crippen molar-refractivity contribution in [3.8, 4) is 0 Å². The summed E-state index contributed by atoms with van der Waals surface area (Å²) in [6.07, 6.45) is 2.20. The summed E-state index contributed by atoms with van der Waals surface area (Å²) >= 11 is 0. The molecule has 0 aromatic heterocycles. The summed E-state index contributed by atoms with van der Waals surface area (Å²) < 4.78 is 53.1. The van der Waals surface area contributed by atoms with Crippen LogP contribution >= 0.6 is 0 Å². The Hall–Kier alpha value is -1.80. The van der Waals surface area contributed by atoms with Gasteiger partial charge in [-0.3, -0.25) is 0 Å². The lowest BCUT2D eigenvalue weighted by Crippen LogP contribution is -2.35. The van der Waals surface area contributed by atoms with Crippen molar-refractivity contribution in [3.63, 3.8) is 0 Å². The molecule has 0 spiro atoms. The van der Waals surface area contributed by atoms with Crippen molar-refractivity contribution < 1.29 is 27.1 Å². The lowest BCUT2D eigenvalue weighted by atomic mass is 10.1. The first-order valence-corrected chi connectivity index (χ1v) is 7.56. The first-order valence-electron chi connectivity index (χ1n) is 6.12. The van der Waals surface area contributed by atoms with Crippen molar-refractivity contribution in [2.24, 2.45) is 0 Å². The Labute approximate surface area is 120 Å². The predicted octanol–water partition coefficient (Wildman–Crippen LogP) is 2.00. The van der Waals surface area contributed by atoms with Gasteiger partial charge < -0.3 is 5.11 Å². The maximum atomic E-state index is 14.1. The van der Waals surface area contributed by atoms with Crippen molar-refractivity contribution in [3.05, 3.63) is 41.0 Å². The molecule has 1 N–H and O–H groups in total. The average molecular weight is 317 g/mol. The molecule has 21 heavy (non-hydrogen) atoms. The van der Waals surface area contributed by atoms with E-state index in [9.17, 15) is 22.0 Å². The molecule has 1 aliphatic heterocycles. The largest absolute Gasteiger partial charge is 0.477 e. The van der Waals surface area contributed by atoms with Crippen LogP contribution in [0.4, 0.5) is 8.78 Å². The number of hydrogen-bond donors (Lipinski definition) is 1. The highest BCUT2D eigenvalue weighted by molar-refractivity contribution is 7.89. The van der Waals surface area contributed by atoms with Gasteiger partial charge >= 0.3 is 5.97 Å². The Morgan fingerprint density at radius 2 is 2.00 bits per heavy atom. The van der Waals surface area contributed by atoms with Crippen LogP contribution < -0.4 is 0 Å². The minimum atomic E-state index is -4.21. The van der Waals surface area contributed by atoms with E-state index in [-0.39, 0.29) is 13.1 Å². The first kappa shape index (κ1) is 15.6. The van der Waals surface area contributed by atoms with Gasteiger partial charge in [0.25, 0.3) is 0 Å². The zero-order valence-corrected chi connectivity index (χ0v) is 12.0. The smallest absolute Gasteiger partial charge is 0.341 e. The summed E-state index contributed by atoms with van der Waals surface area (Å²) in [5.74, 6) is -4.74. The van der Waals surface area contributed by atoms with E-state index in [2.05, 4.69) is 0 Å². The van der Waals surface area contributed by atoms with E-state index in [1.807, 2.05) is 6.92 Å². The van der Waals surface area contributed by atoms with Gasteiger partial charge in [0.1, 0.15) is 16.3 Å².